The van der Waals surface area contributed by atoms with Gasteiger partial charge < -0.3 is 19.7 Å². The van der Waals surface area contributed by atoms with Crippen LogP contribution in [0.15, 0.2) is 24.5 Å². The number of amides is 1. The first-order valence-electron chi connectivity index (χ1n) is 6.68. The lowest BCUT2D eigenvalue weighted by atomic mass is 10.2. The van der Waals surface area contributed by atoms with E-state index >= 15 is 0 Å². The minimum Gasteiger partial charge on any atom is -0.479 e. The number of hydrogen-bond donors (Lipinski definition) is 2. The SMILES string of the molecule is COc1nn(C)cc1C(=O)NCCC(O)c1cccn1C. The molecule has 0 bridgehead atoms. The van der Waals surface area contributed by atoms with E-state index in [1.165, 1.54) is 11.8 Å². The summed E-state index contributed by atoms with van der Waals surface area (Å²) in [6.45, 7) is 0.364. The molecule has 7 nitrogen and oxygen atoms in total. The van der Waals surface area contributed by atoms with Gasteiger partial charge in [0.25, 0.3) is 5.91 Å². The Balaban J connectivity index is 1.88. The fourth-order valence-corrected chi connectivity index (χ4v) is 2.16. The molecule has 1 unspecified atom stereocenters. The smallest absolute Gasteiger partial charge is 0.258 e. The normalized spacial score (nSPS) is 12.2. The Labute approximate surface area is 123 Å². The zero-order chi connectivity index (χ0) is 15.4. The number of rotatable bonds is 6. The first-order chi connectivity index (χ1) is 10.0. The number of methoxy groups -OCH3 is 1. The van der Waals surface area contributed by atoms with Crippen LogP contribution in [0.1, 0.15) is 28.6 Å². The number of hydrogen-bond acceptors (Lipinski definition) is 4. The summed E-state index contributed by atoms with van der Waals surface area (Å²) < 4.78 is 8.42. The van der Waals surface area contributed by atoms with Gasteiger partial charge in [-0.1, -0.05) is 0 Å². The molecule has 0 aliphatic carbocycles. The number of carbonyl (C=O) groups is 1. The van der Waals surface area contributed by atoms with Crippen LogP contribution in [0, 0.1) is 0 Å². The fraction of sp³-hybridized carbons (Fsp3) is 0.429. The second kappa shape index (κ2) is 6.45. The van der Waals surface area contributed by atoms with Crippen molar-refractivity contribution in [2.45, 2.75) is 12.5 Å². The van der Waals surface area contributed by atoms with Crippen LogP contribution in [0.25, 0.3) is 0 Å². The molecule has 0 saturated carbocycles. The van der Waals surface area contributed by atoms with Crippen molar-refractivity contribution in [2.75, 3.05) is 13.7 Å². The number of ether oxygens (including phenoxy) is 1. The summed E-state index contributed by atoms with van der Waals surface area (Å²) in [4.78, 5) is 12.0. The van der Waals surface area contributed by atoms with Crippen molar-refractivity contribution in [3.63, 3.8) is 0 Å². The Kier molecular flexibility index (Phi) is 4.64. The third-order valence-corrected chi connectivity index (χ3v) is 3.26. The highest BCUT2D eigenvalue weighted by atomic mass is 16.5. The third-order valence-electron chi connectivity index (χ3n) is 3.26. The van der Waals surface area contributed by atoms with E-state index in [9.17, 15) is 9.90 Å². The van der Waals surface area contributed by atoms with Crippen LogP contribution in [-0.4, -0.2) is 39.0 Å². The number of aromatic nitrogens is 3. The summed E-state index contributed by atoms with van der Waals surface area (Å²) >= 11 is 0. The molecule has 0 radical (unpaired) electrons. The largest absolute Gasteiger partial charge is 0.479 e. The number of nitrogens with zero attached hydrogens (tertiary/aromatic N) is 3. The summed E-state index contributed by atoms with van der Waals surface area (Å²) in [5.41, 5.74) is 1.21. The molecule has 0 aromatic carbocycles. The monoisotopic (exact) mass is 292 g/mol. The maximum absolute atomic E-state index is 12.0. The molecule has 2 N–H and O–H groups in total. The first-order valence-corrected chi connectivity index (χ1v) is 6.68. The van der Waals surface area contributed by atoms with Crippen LogP contribution >= 0.6 is 0 Å². The highest BCUT2D eigenvalue weighted by Gasteiger charge is 2.17. The molecule has 0 aliphatic rings. The van der Waals surface area contributed by atoms with Gasteiger partial charge in [0.05, 0.1) is 13.2 Å². The van der Waals surface area contributed by atoms with Gasteiger partial charge >= 0.3 is 0 Å². The number of aliphatic hydroxyl groups is 1. The van der Waals surface area contributed by atoms with Crippen molar-refractivity contribution < 1.29 is 14.6 Å². The average molecular weight is 292 g/mol. The Morgan fingerprint density at radius 2 is 2.29 bits per heavy atom. The second-order valence-electron chi connectivity index (χ2n) is 4.83. The lowest BCUT2D eigenvalue weighted by Gasteiger charge is -2.12. The summed E-state index contributed by atoms with van der Waals surface area (Å²) in [6, 6.07) is 3.73. The molecule has 1 atom stereocenters. The lowest BCUT2D eigenvalue weighted by molar-refractivity contribution is 0.0938. The maximum atomic E-state index is 12.0. The molecule has 2 aromatic rings. The summed E-state index contributed by atoms with van der Waals surface area (Å²) in [7, 11) is 5.06. The van der Waals surface area contributed by atoms with E-state index in [0.717, 1.165) is 5.69 Å². The molecular formula is C14H20N4O3. The summed E-state index contributed by atoms with van der Waals surface area (Å²) in [6.07, 6.45) is 3.30. The van der Waals surface area contributed by atoms with E-state index < -0.39 is 6.10 Å². The van der Waals surface area contributed by atoms with Crippen LogP contribution in [0.4, 0.5) is 0 Å². The standard InChI is InChI=1S/C14H20N4O3/c1-17-8-4-5-11(17)12(19)6-7-15-13(20)10-9-18(2)16-14(10)21-3/h4-5,8-9,12,19H,6-7H2,1-3H3,(H,15,20). The summed E-state index contributed by atoms with van der Waals surface area (Å²) in [5.74, 6) is 0.0250. The van der Waals surface area contributed by atoms with Gasteiger partial charge in [-0.25, -0.2) is 0 Å². The molecule has 2 heterocycles. The van der Waals surface area contributed by atoms with Crippen LogP contribution in [-0.2, 0) is 14.1 Å². The molecular weight excluding hydrogens is 272 g/mol. The van der Waals surface area contributed by atoms with Crippen LogP contribution < -0.4 is 10.1 Å². The van der Waals surface area contributed by atoms with Crippen LogP contribution in [0.5, 0.6) is 5.88 Å². The highest BCUT2D eigenvalue weighted by molar-refractivity contribution is 5.96. The molecule has 2 aromatic heterocycles. The Morgan fingerprint density at radius 3 is 2.90 bits per heavy atom. The van der Waals surface area contributed by atoms with Gasteiger partial charge in [0, 0.05) is 38.7 Å². The zero-order valence-corrected chi connectivity index (χ0v) is 12.4. The van der Waals surface area contributed by atoms with Crippen molar-refractivity contribution in [3.8, 4) is 5.88 Å². The predicted molar refractivity (Wildman–Crippen MR) is 77.1 cm³/mol. The number of nitrogens with one attached hydrogen (secondary N) is 1. The number of aryl methyl sites for hydroxylation is 2. The molecule has 0 spiro atoms. The predicted octanol–water partition coefficient (Wildman–Crippen LogP) is 0.621. The topological polar surface area (TPSA) is 81.3 Å². The van der Waals surface area contributed by atoms with E-state index in [0.29, 0.717) is 18.5 Å². The van der Waals surface area contributed by atoms with Crippen molar-refractivity contribution >= 4 is 5.91 Å². The van der Waals surface area contributed by atoms with Gasteiger partial charge in [0.2, 0.25) is 5.88 Å². The van der Waals surface area contributed by atoms with Gasteiger partial charge in [-0.2, -0.15) is 0 Å². The zero-order valence-electron chi connectivity index (χ0n) is 12.4. The molecule has 7 heteroatoms. The van der Waals surface area contributed by atoms with Crippen molar-refractivity contribution in [3.05, 3.63) is 35.8 Å². The highest BCUT2D eigenvalue weighted by Crippen LogP contribution is 2.17. The molecule has 0 saturated heterocycles. The summed E-state index contributed by atoms with van der Waals surface area (Å²) in [5, 5.41) is 16.8. The van der Waals surface area contributed by atoms with Gasteiger partial charge in [0.1, 0.15) is 5.56 Å². The average Bonchev–Trinajstić information content (AvgIpc) is 3.04. The van der Waals surface area contributed by atoms with Gasteiger partial charge in [-0.3, -0.25) is 9.48 Å². The van der Waals surface area contributed by atoms with E-state index in [2.05, 4.69) is 10.4 Å². The number of carbonyl (C=O) groups excluding carboxylic acids is 1. The first kappa shape index (κ1) is 15.1. The van der Waals surface area contributed by atoms with E-state index in [4.69, 9.17) is 4.74 Å². The van der Waals surface area contributed by atoms with Crippen molar-refractivity contribution in [1.82, 2.24) is 19.7 Å². The molecule has 0 aliphatic heterocycles. The lowest BCUT2D eigenvalue weighted by Crippen LogP contribution is -2.26. The minimum atomic E-state index is -0.610. The Hall–Kier alpha value is -2.28. The number of aliphatic hydroxyl groups excluding tert-OH is 1. The van der Waals surface area contributed by atoms with E-state index in [1.807, 2.05) is 29.9 Å². The van der Waals surface area contributed by atoms with Gasteiger partial charge in [-0.05, 0) is 18.6 Å². The Morgan fingerprint density at radius 1 is 1.52 bits per heavy atom. The van der Waals surface area contributed by atoms with Crippen LogP contribution in [0.2, 0.25) is 0 Å². The maximum Gasteiger partial charge on any atom is 0.258 e. The van der Waals surface area contributed by atoms with Gasteiger partial charge in [-0.15, -0.1) is 5.10 Å². The Bertz CT molecular complexity index is 618. The van der Waals surface area contributed by atoms with E-state index in [-0.39, 0.29) is 11.8 Å². The van der Waals surface area contributed by atoms with Crippen molar-refractivity contribution in [2.24, 2.45) is 14.1 Å². The van der Waals surface area contributed by atoms with Crippen molar-refractivity contribution in [1.29, 1.82) is 0 Å². The molecule has 21 heavy (non-hydrogen) atoms. The second-order valence-corrected chi connectivity index (χ2v) is 4.83. The van der Waals surface area contributed by atoms with E-state index in [1.54, 1.807) is 13.2 Å². The van der Waals surface area contributed by atoms with Gasteiger partial charge in [0.15, 0.2) is 0 Å². The molecule has 2 rings (SSSR count). The third kappa shape index (κ3) is 3.43. The molecule has 0 fully saturated rings. The quantitative estimate of drug-likeness (QED) is 0.818. The fourth-order valence-electron chi connectivity index (χ4n) is 2.16. The molecule has 1 amide bonds. The molecule has 114 valence electrons. The minimum absolute atomic E-state index is 0.265. The van der Waals surface area contributed by atoms with Crippen LogP contribution in [0.3, 0.4) is 0 Å².